The van der Waals surface area contributed by atoms with E-state index in [4.69, 9.17) is 15.9 Å². The highest BCUT2D eigenvalue weighted by atomic mass is 32.2. The largest absolute Gasteiger partial charge is 0.497 e. The first kappa shape index (κ1) is 14.6. The predicted molar refractivity (Wildman–Crippen MR) is 82.4 cm³/mol. The van der Waals surface area contributed by atoms with Crippen LogP contribution in [0.1, 0.15) is 5.56 Å². The number of benzene rings is 1. The molecule has 106 valence electrons. The number of hydrogen-bond acceptors (Lipinski definition) is 7. The average Bonchev–Trinajstić information content (AvgIpc) is 2.87. The zero-order valence-electron chi connectivity index (χ0n) is 11.4. The third-order valence-corrected chi connectivity index (χ3v) is 4.65. The van der Waals surface area contributed by atoms with Crippen molar-refractivity contribution in [3.63, 3.8) is 0 Å². The quantitative estimate of drug-likeness (QED) is 0.649. The maximum Gasteiger partial charge on any atom is 0.208 e. The van der Waals surface area contributed by atoms with Gasteiger partial charge in [-0.05, 0) is 18.2 Å². The first-order chi connectivity index (χ1) is 9.51. The van der Waals surface area contributed by atoms with E-state index in [2.05, 4.69) is 10.2 Å². The summed E-state index contributed by atoms with van der Waals surface area (Å²) in [7, 11) is 5.44. The number of nitrogens with zero attached hydrogens (tertiary/aromatic N) is 3. The predicted octanol–water partition coefficient (Wildman–Crippen LogP) is 2.05. The van der Waals surface area contributed by atoms with Crippen molar-refractivity contribution in [1.29, 1.82) is 5.41 Å². The molecule has 0 saturated heterocycles. The smallest absolute Gasteiger partial charge is 0.208 e. The zero-order chi connectivity index (χ0) is 14.7. The summed E-state index contributed by atoms with van der Waals surface area (Å²) in [6.45, 7) is 0. The number of aromatic nitrogens is 2. The fraction of sp³-hybridized carbons (Fsp3) is 0.250. The third-order valence-electron chi connectivity index (χ3n) is 2.45. The highest BCUT2D eigenvalue weighted by molar-refractivity contribution is 8.01. The van der Waals surface area contributed by atoms with Crippen LogP contribution in [0.3, 0.4) is 0 Å². The Labute approximate surface area is 125 Å². The molecule has 0 spiro atoms. The van der Waals surface area contributed by atoms with Crippen molar-refractivity contribution in [3.8, 4) is 5.75 Å². The summed E-state index contributed by atoms with van der Waals surface area (Å²) in [4.78, 5) is 2.73. The van der Waals surface area contributed by atoms with E-state index < -0.39 is 0 Å². The molecule has 3 N–H and O–H groups in total. The van der Waals surface area contributed by atoms with Crippen LogP contribution in [-0.4, -0.2) is 37.2 Å². The number of amidine groups is 1. The summed E-state index contributed by atoms with van der Waals surface area (Å²) in [5.74, 6) is 0.738. The molecule has 1 aromatic heterocycles. The zero-order valence-corrected chi connectivity index (χ0v) is 13.0. The van der Waals surface area contributed by atoms with E-state index >= 15 is 0 Å². The van der Waals surface area contributed by atoms with Crippen molar-refractivity contribution in [2.75, 3.05) is 26.1 Å². The molecule has 1 heterocycles. The maximum absolute atomic E-state index is 7.63. The molecule has 6 nitrogen and oxygen atoms in total. The van der Waals surface area contributed by atoms with Gasteiger partial charge in [0.1, 0.15) is 11.6 Å². The van der Waals surface area contributed by atoms with Gasteiger partial charge >= 0.3 is 0 Å². The van der Waals surface area contributed by atoms with Gasteiger partial charge in [0, 0.05) is 24.6 Å². The number of hydrogen-bond donors (Lipinski definition) is 2. The summed E-state index contributed by atoms with van der Waals surface area (Å²) in [6.07, 6.45) is 0. The van der Waals surface area contributed by atoms with Gasteiger partial charge in [-0.25, -0.2) is 0 Å². The second kappa shape index (κ2) is 6.10. The molecule has 0 saturated carbocycles. The van der Waals surface area contributed by atoms with Crippen LogP contribution in [0.15, 0.2) is 27.4 Å². The normalized spacial score (nSPS) is 10.3. The minimum atomic E-state index is 0.0208. The second-order valence-electron chi connectivity index (χ2n) is 4.12. The SMILES string of the molecule is COc1ccc(C(=N)N)c(Sc2nnc(N(C)C)s2)c1. The third kappa shape index (κ3) is 3.20. The van der Waals surface area contributed by atoms with Gasteiger partial charge in [-0.1, -0.05) is 23.1 Å². The maximum atomic E-state index is 7.63. The van der Waals surface area contributed by atoms with Crippen molar-refractivity contribution < 1.29 is 4.74 Å². The Morgan fingerprint density at radius 2 is 2.15 bits per heavy atom. The van der Waals surface area contributed by atoms with Crippen LogP contribution >= 0.6 is 23.1 Å². The Hall–Kier alpha value is -1.80. The fourth-order valence-electron chi connectivity index (χ4n) is 1.46. The van der Waals surface area contributed by atoms with E-state index in [1.165, 1.54) is 23.1 Å². The monoisotopic (exact) mass is 309 g/mol. The van der Waals surface area contributed by atoms with E-state index in [0.29, 0.717) is 5.56 Å². The minimum Gasteiger partial charge on any atom is -0.497 e. The van der Waals surface area contributed by atoms with E-state index in [9.17, 15) is 0 Å². The Morgan fingerprint density at radius 1 is 1.40 bits per heavy atom. The van der Waals surface area contributed by atoms with Gasteiger partial charge < -0.3 is 15.4 Å². The van der Waals surface area contributed by atoms with E-state index in [1.54, 1.807) is 19.2 Å². The van der Waals surface area contributed by atoms with Gasteiger partial charge in [-0.3, -0.25) is 5.41 Å². The molecular weight excluding hydrogens is 294 g/mol. The molecule has 0 unspecified atom stereocenters. The topological polar surface area (TPSA) is 88.1 Å². The van der Waals surface area contributed by atoms with Gasteiger partial charge in [-0.2, -0.15) is 0 Å². The van der Waals surface area contributed by atoms with Crippen LogP contribution in [-0.2, 0) is 0 Å². The molecule has 0 bridgehead atoms. The highest BCUT2D eigenvalue weighted by Gasteiger charge is 2.13. The molecule has 0 radical (unpaired) electrons. The number of anilines is 1. The lowest BCUT2D eigenvalue weighted by Gasteiger charge is -2.08. The first-order valence-corrected chi connectivity index (χ1v) is 7.35. The van der Waals surface area contributed by atoms with Gasteiger partial charge in [-0.15, -0.1) is 10.2 Å². The molecule has 0 aliphatic rings. The van der Waals surface area contributed by atoms with Crippen LogP contribution in [0.2, 0.25) is 0 Å². The van der Waals surface area contributed by atoms with E-state index in [0.717, 1.165) is 20.1 Å². The summed E-state index contributed by atoms with van der Waals surface area (Å²) in [5, 5.41) is 16.7. The van der Waals surface area contributed by atoms with Gasteiger partial charge in [0.15, 0.2) is 4.34 Å². The van der Waals surface area contributed by atoms with Crippen molar-refractivity contribution in [3.05, 3.63) is 23.8 Å². The van der Waals surface area contributed by atoms with Crippen molar-refractivity contribution in [2.24, 2.45) is 5.73 Å². The summed E-state index contributed by atoms with van der Waals surface area (Å²) in [5.41, 5.74) is 6.27. The fourth-order valence-corrected chi connectivity index (χ4v) is 3.35. The molecule has 0 atom stereocenters. The number of ether oxygens (including phenoxy) is 1. The molecule has 1 aromatic carbocycles. The first-order valence-electron chi connectivity index (χ1n) is 5.72. The van der Waals surface area contributed by atoms with Crippen LogP contribution < -0.4 is 15.4 Å². The van der Waals surface area contributed by atoms with Crippen LogP contribution in [0.25, 0.3) is 0 Å². The summed E-state index contributed by atoms with van der Waals surface area (Å²) >= 11 is 2.91. The van der Waals surface area contributed by atoms with Crippen LogP contribution in [0.5, 0.6) is 5.75 Å². The molecule has 2 rings (SSSR count). The van der Waals surface area contributed by atoms with E-state index in [1.807, 2.05) is 25.1 Å². The molecule has 20 heavy (non-hydrogen) atoms. The Balaban J connectivity index is 2.32. The number of nitrogens with two attached hydrogens (primary N) is 1. The molecule has 0 aliphatic heterocycles. The highest BCUT2D eigenvalue weighted by Crippen LogP contribution is 2.36. The van der Waals surface area contributed by atoms with E-state index in [-0.39, 0.29) is 5.84 Å². The molecular formula is C12H15N5OS2. The van der Waals surface area contributed by atoms with Crippen LogP contribution in [0.4, 0.5) is 5.13 Å². The average molecular weight is 309 g/mol. The Morgan fingerprint density at radius 3 is 2.70 bits per heavy atom. The lowest BCUT2D eigenvalue weighted by atomic mass is 10.2. The van der Waals surface area contributed by atoms with Crippen LogP contribution in [0, 0.1) is 5.41 Å². The Kier molecular flexibility index (Phi) is 4.46. The van der Waals surface area contributed by atoms with Gasteiger partial charge in [0.25, 0.3) is 0 Å². The number of nitrogens with one attached hydrogen (secondary N) is 1. The molecule has 0 aliphatic carbocycles. The lowest BCUT2D eigenvalue weighted by molar-refractivity contribution is 0.413. The second-order valence-corrected chi connectivity index (χ2v) is 6.37. The van der Waals surface area contributed by atoms with Crippen molar-refractivity contribution in [2.45, 2.75) is 9.24 Å². The standard InChI is InChI=1S/C12H15N5OS2/c1-17(2)11-15-16-12(20-11)19-9-6-7(18-3)4-5-8(9)10(13)14/h4-6H,1-3H3,(H3,13,14). The van der Waals surface area contributed by atoms with Crippen molar-refractivity contribution >= 4 is 34.1 Å². The molecule has 0 fully saturated rings. The lowest BCUT2D eigenvalue weighted by Crippen LogP contribution is -2.12. The molecule has 0 amide bonds. The Bertz CT molecular complexity index is 626. The number of nitrogen functional groups attached to an aromatic ring is 1. The van der Waals surface area contributed by atoms with Gasteiger partial charge in [0.05, 0.1) is 7.11 Å². The minimum absolute atomic E-state index is 0.0208. The molecule has 2 aromatic rings. The number of methoxy groups -OCH3 is 1. The number of rotatable bonds is 5. The summed E-state index contributed by atoms with van der Waals surface area (Å²) < 4.78 is 6.00. The summed E-state index contributed by atoms with van der Waals surface area (Å²) in [6, 6.07) is 5.40. The molecule has 8 heteroatoms. The van der Waals surface area contributed by atoms with Gasteiger partial charge in [0.2, 0.25) is 5.13 Å². The van der Waals surface area contributed by atoms with Crippen molar-refractivity contribution in [1.82, 2.24) is 10.2 Å².